The molecular weight excluding hydrogens is 266 g/mol. The molecule has 2 fully saturated rings. The van der Waals surface area contributed by atoms with Crippen molar-refractivity contribution in [2.75, 3.05) is 39.3 Å². The van der Waals surface area contributed by atoms with Crippen LogP contribution in [0.2, 0.25) is 0 Å². The quantitative estimate of drug-likeness (QED) is 0.786. The summed E-state index contributed by atoms with van der Waals surface area (Å²) in [5.74, 6) is 0.161. The van der Waals surface area contributed by atoms with E-state index in [1.54, 1.807) is 6.92 Å². The van der Waals surface area contributed by atoms with Crippen LogP contribution in [0.4, 0.5) is 0 Å². The maximum atomic E-state index is 12.5. The van der Waals surface area contributed by atoms with Gasteiger partial charge in [0.25, 0.3) is 0 Å². The molecule has 0 unspecified atom stereocenters. The maximum Gasteiger partial charge on any atom is 0.242 e. The third kappa shape index (κ3) is 4.43. The van der Waals surface area contributed by atoms with E-state index in [1.807, 2.05) is 9.80 Å². The Labute approximate surface area is 128 Å². The molecule has 21 heavy (non-hydrogen) atoms. The number of piperazine rings is 1. The molecule has 2 aliphatic rings. The first kappa shape index (κ1) is 16.3. The molecule has 0 bridgehead atoms. The topological polar surface area (TPSA) is 43.9 Å². The van der Waals surface area contributed by atoms with Crippen LogP contribution >= 0.6 is 0 Å². The first-order valence-electron chi connectivity index (χ1n) is 8.39. The minimum atomic E-state index is 0.0439. The van der Waals surface area contributed by atoms with Crippen LogP contribution in [0.25, 0.3) is 0 Å². The largest absolute Gasteiger partial charge is 0.339 e. The van der Waals surface area contributed by atoms with Gasteiger partial charge in [-0.1, -0.05) is 26.2 Å². The van der Waals surface area contributed by atoms with E-state index in [4.69, 9.17) is 0 Å². The molecule has 5 nitrogen and oxygen atoms in total. The highest BCUT2D eigenvalue weighted by Crippen LogP contribution is 2.22. The lowest BCUT2D eigenvalue weighted by Gasteiger charge is -2.37. The number of amides is 2. The first-order chi connectivity index (χ1) is 10.1. The smallest absolute Gasteiger partial charge is 0.242 e. The summed E-state index contributed by atoms with van der Waals surface area (Å²) in [5, 5.41) is 0. The van der Waals surface area contributed by atoms with Crippen LogP contribution in [0.15, 0.2) is 0 Å². The molecule has 1 aliphatic carbocycles. The summed E-state index contributed by atoms with van der Waals surface area (Å²) < 4.78 is 0. The van der Waals surface area contributed by atoms with Crippen LogP contribution in [0.5, 0.6) is 0 Å². The van der Waals surface area contributed by atoms with Gasteiger partial charge < -0.3 is 14.7 Å². The van der Waals surface area contributed by atoms with E-state index < -0.39 is 0 Å². The van der Waals surface area contributed by atoms with Crippen molar-refractivity contribution in [2.45, 2.75) is 52.0 Å². The fourth-order valence-corrected chi connectivity index (χ4v) is 3.45. The van der Waals surface area contributed by atoms with Gasteiger partial charge in [0.2, 0.25) is 11.8 Å². The van der Waals surface area contributed by atoms with Crippen molar-refractivity contribution in [3.05, 3.63) is 0 Å². The molecule has 1 heterocycles. The predicted molar refractivity (Wildman–Crippen MR) is 83.0 cm³/mol. The fourth-order valence-electron chi connectivity index (χ4n) is 3.45. The van der Waals surface area contributed by atoms with Crippen LogP contribution in [0.1, 0.15) is 46.0 Å². The van der Waals surface area contributed by atoms with Crippen LogP contribution in [-0.2, 0) is 9.59 Å². The Balaban J connectivity index is 1.87. The van der Waals surface area contributed by atoms with E-state index in [-0.39, 0.29) is 24.4 Å². The summed E-state index contributed by atoms with van der Waals surface area (Å²) in [4.78, 5) is 30.5. The molecule has 0 N–H and O–H groups in total. The molecule has 1 aliphatic heterocycles. The summed E-state index contributed by atoms with van der Waals surface area (Å²) in [5.41, 5.74) is 0. The number of carbonyl (C=O) groups excluding carboxylic acids is 2. The molecular formula is C16H29N3O2. The standard InChI is InChI=1S/C16H29N3O2/c1-3-17-9-11-18(12-10-17)16(21)13-19(14(2)20)15-7-5-4-6-8-15/h15H,3-13H2,1-2H3. The summed E-state index contributed by atoms with van der Waals surface area (Å²) in [6.45, 7) is 8.55. The highest BCUT2D eigenvalue weighted by atomic mass is 16.2. The number of nitrogens with zero attached hydrogens (tertiary/aromatic N) is 3. The number of rotatable bonds is 4. The molecule has 120 valence electrons. The van der Waals surface area contributed by atoms with E-state index in [1.165, 1.54) is 19.3 Å². The minimum Gasteiger partial charge on any atom is -0.339 e. The second-order valence-electron chi connectivity index (χ2n) is 6.25. The van der Waals surface area contributed by atoms with Crippen molar-refractivity contribution in [1.82, 2.24) is 14.7 Å². The van der Waals surface area contributed by atoms with Crippen molar-refractivity contribution in [1.29, 1.82) is 0 Å². The Bertz CT molecular complexity index is 359. The van der Waals surface area contributed by atoms with Crippen molar-refractivity contribution in [2.24, 2.45) is 0 Å². The van der Waals surface area contributed by atoms with E-state index in [0.29, 0.717) is 0 Å². The highest BCUT2D eigenvalue weighted by Gasteiger charge is 2.28. The van der Waals surface area contributed by atoms with Gasteiger partial charge in [-0.15, -0.1) is 0 Å². The minimum absolute atomic E-state index is 0.0439. The number of hydrogen-bond acceptors (Lipinski definition) is 3. The number of carbonyl (C=O) groups is 2. The Morgan fingerprint density at radius 1 is 1.05 bits per heavy atom. The average Bonchev–Trinajstić information content (AvgIpc) is 2.53. The molecule has 0 radical (unpaired) electrons. The molecule has 0 aromatic rings. The van der Waals surface area contributed by atoms with E-state index >= 15 is 0 Å². The third-order valence-corrected chi connectivity index (χ3v) is 4.90. The monoisotopic (exact) mass is 295 g/mol. The van der Waals surface area contributed by atoms with E-state index in [2.05, 4.69) is 11.8 Å². The second-order valence-corrected chi connectivity index (χ2v) is 6.25. The molecule has 1 saturated heterocycles. The third-order valence-electron chi connectivity index (χ3n) is 4.90. The van der Waals surface area contributed by atoms with Crippen LogP contribution < -0.4 is 0 Å². The van der Waals surface area contributed by atoms with Gasteiger partial charge in [-0.2, -0.15) is 0 Å². The SMILES string of the molecule is CCN1CCN(C(=O)CN(C(C)=O)C2CCCCC2)CC1. The first-order valence-corrected chi connectivity index (χ1v) is 8.39. The van der Waals surface area contributed by atoms with Gasteiger partial charge in [0, 0.05) is 39.1 Å². The molecule has 0 aromatic carbocycles. The summed E-state index contributed by atoms with van der Waals surface area (Å²) in [6.07, 6.45) is 5.72. The Kier molecular flexibility index (Phi) is 6.03. The molecule has 2 amide bonds. The van der Waals surface area contributed by atoms with Gasteiger partial charge in [0.1, 0.15) is 0 Å². The zero-order chi connectivity index (χ0) is 15.2. The maximum absolute atomic E-state index is 12.5. The van der Waals surface area contributed by atoms with Gasteiger partial charge in [-0.05, 0) is 19.4 Å². The van der Waals surface area contributed by atoms with Gasteiger partial charge in [0.05, 0.1) is 6.54 Å². The zero-order valence-corrected chi connectivity index (χ0v) is 13.5. The van der Waals surface area contributed by atoms with Gasteiger partial charge in [-0.25, -0.2) is 0 Å². The van der Waals surface area contributed by atoms with Crippen LogP contribution in [-0.4, -0.2) is 71.8 Å². The van der Waals surface area contributed by atoms with Crippen molar-refractivity contribution in [3.63, 3.8) is 0 Å². The lowest BCUT2D eigenvalue weighted by Crippen LogP contribution is -2.53. The van der Waals surface area contributed by atoms with Gasteiger partial charge in [0.15, 0.2) is 0 Å². The Morgan fingerprint density at radius 3 is 2.19 bits per heavy atom. The molecule has 1 saturated carbocycles. The second kappa shape index (κ2) is 7.78. The van der Waals surface area contributed by atoms with E-state index in [0.717, 1.165) is 45.6 Å². The average molecular weight is 295 g/mol. The van der Waals surface area contributed by atoms with Gasteiger partial charge >= 0.3 is 0 Å². The van der Waals surface area contributed by atoms with Crippen molar-refractivity contribution < 1.29 is 9.59 Å². The number of likely N-dealkylation sites (N-methyl/N-ethyl adjacent to an activating group) is 1. The molecule has 0 aromatic heterocycles. The highest BCUT2D eigenvalue weighted by molar-refractivity contribution is 5.84. The lowest BCUT2D eigenvalue weighted by molar-refractivity contribution is -0.142. The predicted octanol–water partition coefficient (Wildman–Crippen LogP) is 1.33. The Morgan fingerprint density at radius 2 is 1.67 bits per heavy atom. The Hall–Kier alpha value is -1.10. The molecule has 2 rings (SSSR count). The van der Waals surface area contributed by atoms with Crippen LogP contribution in [0.3, 0.4) is 0 Å². The van der Waals surface area contributed by atoms with E-state index in [9.17, 15) is 9.59 Å². The summed E-state index contributed by atoms with van der Waals surface area (Å²) >= 11 is 0. The molecule has 0 spiro atoms. The lowest BCUT2D eigenvalue weighted by atomic mass is 9.94. The van der Waals surface area contributed by atoms with Crippen molar-refractivity contribution in [3.8, 4) is 0 Å². The van der Waals surface area contributed by atoms with Crippen molar-refractivity contribution >= 4 is 11.8 Å². The normalized spacial score (nSPS) is 21.3. The number of hydrogen-bond donors (Lipinski definition) is 0. The summed E-state index contributed by atoms with van der Waals surface area (Å²) in [7, 11) is 0. The summed E-state index contributed by atoms with van der Waals surface area (Å²) in [6, 6.07) is 0.275. The van der Waals surface area contributed by atoms with Crippen LogP contribution in [0, 0.1) is 0 Å². The molecule has 0 atom stereocenters. The zero-order valence-electron chi connectivity index (χ0n) is 13.5. The fraction of sp³-hybridized carbons (Fsp3) is 0.875. The molecule has 5 heteroatoms. The van der Waals surface area contributed by atoms with Gasteiger partial charge in [-0.3, -0.25) is 9.59 Å².